The van der Waals surface area contributed by atoms with E-state index in [0.717, 1.165) is 5.82 Å². The lowest BCUT2D eigenvalue weighted by atomic mass is 10.3. The molecule has 2 aromatic heterocycles. The number of aliphatic hydroxyl groups excluding tert-OH is 1. The Balaban J connectivity index is 1.84. The van der Waals surface area contributed by atoms with Gasteiger partial charge in [-0.05, 0) is 12.5 Å². The van der Waals surface area contributed by atoms with Crippen LogP contribution in [-0.2, 0) is 23.1 Å². The highest BCUT2D eigenvalue weighted by atomic mass is 32.2. The van der Waals surface area contributed by atoms with Crippen molar-refractivity contribution in [1.82, 2.24) is 19.7 Å². The summed E-state index contributed by atoms with van der Waals surface area (Å²) in [4.78, 5) is 9.84. The Morgan fingerprint density at radius 3 is 2.84 bits per heavy atom. The number of H-pyrrole nitrogens is 2. The smallest absolute Gasteiger partial charge is 0.242 e. The largest absolute Gasteiger partial charge is 0.390 e. The highest BCUT2D eigenvalue weighted by Crippen LogP contribution is 2.10. The van der Waals surface area contributed by atoms with Crippen molar-refractivity contribution in [3.05, 3.63) is 36.2 Å². The van der Waals surface area contributed by atoms with Crippen molar-refractivity contribution >= 4 is 10.0 Å². The normalized spacial score (nSPS) is 11.8. The van der Waals surface area contributed by atoms with Gasteiger partial charge >= 0.3 is 0 Å². The van der Waals surface area contributed by atoms with E-state index in [1.165, 1.54) is 12.3 Å². The Hall–Kier alpha value is -1.64. The number of nitrogens with zero attached hydrogens (tertiary/aromatic N) is 1. The van der Waals surface area contributed by atoms with Crippen LogP contribution in [-0.4, -0.2) is 35.0 Å². The minimum Gasteiger partial charge on any atom is -0.390 e. The van der Waals surface area contributed by atoms with Gasteiger partial charge in [-0.3, -0.25) is 0 Å². The molecule has 104 valence electrons. The van der Waals surface area contributed by atoms with Crippen molar-refractivity contribution in [2.75, 3.05) is 6.54 Å². The van der Waals surface area contributed by atoms with E-state index in [-0.39, 0.29) is 11.5 Å². The first-order valence-corrected chi connectivity index (χ1v) is 7.36. The van der Waals surface area contributed by atoms with Gasteiger partial charge in [0.05, 0.1) is 11.5 Å². The summed E-state index contributed by atoms with van der Waals surface area (Å²) in [6, 6.07) is 1.41. The van der Waals surface area contributed by atoms with E-state index in [1.807, 2.05) is 0 Å². The van der Waals surface area contributed by atoms with Gasteiger partial charge in [0.1, 0.15) is 5.82 Å². The van der Waals surface area contributed by atoms with Crippen molar-refractivity contribution in [2.24, 2.45) is 0 Å². The maximum atomic E-state index is 11.9. The molecule has 7 nitrogen and oxygen atoms in total. The number of nitrogens with one attached hydrogen (secondary N) is 3. The van der Waals surface area contributed by atoms with Gasteiger partial charge in [-0.15, -0.1) is 0 Å². The van der Waals surface area contributed by atoms with Crippen LogP contribution in [0.25, 0.3) is 0 Å². The van der Waals surface area contributed by atoms with Crippen LogP contribution in [0.2, 0.25) is 0 Å². The molecule has 0 amide bonds. The average molecular weight is 284 g/mol. The first-order valence-electron chi connectivity index (χ1n) is 5.88. The lowest BCUT2D eigenvalue weighted by Gasteiger charge is -2.03. The number of hydrogen-bond acceptors (Lipinski definition) is 4. The van der Waals surface area contributed by atoms with Gasteiger partial charge in [0, 0.05) is 37.3 Å². The van der Waals surface area contributed by atoms with E-state index in [0.29, 0.717) is 25.1 Å². The maximum Gasteiger partial charge on any atom is 0.242 e. The molecule has 0 aromatic carbocycles. The van der Waals surface area contributed by atoms with Gasteiger partial charge in [-0.2, -0.15) is 0 Å². The van der Waals surface area contributed by atoms with E-state index in [9.17, 15) is 8.42 Å². The molecule has 0 bridgehead atoms. The Morgan fingerprint density at radius 1 is 1.37 bits per heavy atom. The number of aromatic nitrogens is 3. The second-order valence-corrected chi connectivity index (χ2v) is 5.82. The van der Waals surface area contributed by atoms with Crippen LogP contribution in [0.4, 0.5) is 0 Å². The van der Waals surface area contributed by atoms with E-state index >= 15 is 0 Å². The first kappa shape index (κ1) is 13.8. The van der Waals surface area contributed by atoms with Crippen LogP contribution in [0.5, 0.6) is 0 Å². The van der Waals surface area contributed by atoms with Crippen LogP contribution >= 0.6 is 0 Å². The standard InChI is InChI=1S/C11H16N4O3S/c16-8-9-6-10(7-14-9)19(17,18)15-3-1-2-11-12-4-5-13-11/h4-7,14-16H,1-3,8H2,(H,12,13). The highest BCUT2D eigenvalue weighted by Gasteiger charge is 2.15. The van der Waals surface area contributed by atoms with E-state index in [1.54, 1.807) is 12.4 Å². The van der Waals surface area contributed by atoms with Crippen LogP contribution in [0.1, 0.15) is 17.9 Å². The topological polar surface area (TPSA) is 111 Å². The molecule has 4 N–H and O–H groups in total. The number of rotatable bonds is 7. The lowest BCUT2D eigenvalue weighted by Crippen LogP contribution is -2.24. The number of sulfonamides is 1. The third-order valence-corrected chi connectivity index (χ3v) is 4.07. The lowest BCUT2D eigenvalue weighted by molar-refractivity contribution is 0.277. The molecule has 2 rings (SSSR count). The third kappa shape index (κ3) is 3.66. The Morgan fingerprint density at radius 2 is 2.21 bits per heavy atom. The number of hydrogen-bond donors (Lipinski definition) is 4. The van der Waals surface area contributed by atoms with Crippen molar-refractivity contribution < 1.29 is 13.5 Å². The van der Waals surface area contributed by atoms with E-state index in [4.69, 9.17) is 5.11 Å². The minimum atomic E-state index is -3.51. The summed E-state index contributed by atoms with van der Waals surface area (Å²) >= 11 is 0. The molecule has 0 aliphatic rings. The number of aromatic amines is 2. The zero-order valence-electron chi connectivity index (χ0n) is 10.3. The number of imidazole rings is 1. The van der Waals surface area contributed by atoms with Crippen molar-refractivity contribution in [3.63, 3.8) is 0 Å². The summed E-state index contributed by atoms with van der Waals surface area (Å²) in [6.07, 6.45) is 6.10. The molecule has 0 atom stereocenters. The zero-order chi connectivity index (χ0) is 13.7. The van der Waals surface area contributed by atoms with Gasteiger partial charge in [0.25, 0.3) is 0 Å². The number of aryl methyl sites for hydroxylation is 1. The van der Waals surface area contributed by atoms with Gasteiger partial charge < -0.3 is 15.1 Å². The van der Waals surface area contributed by atoms with Crippen molar-refractivity contribution in [1.29, 1.82) is 0 Å². The fourth-order valence-electron chi connectivity index (χ4n) is 1.65. The first-order chi connectivity index (χ1) is 9.12. The van der Waals surface area contributed by atoms with Crippen LogP contribution < -0.4 is 4.72 Å². The van der Waals surface area contributed by atoms with E-state index < -0.39 is 10.0 Å². The third-order valence-electron chi connectivity index (χ3n) is 2.63. The monoisotopic (exact) mass is 284 g/mol. The summed E-state index contributed by atoms with van der Waals surface area (Å²) < 4.78 is 26.3. The Kier molecular flexibility index (Phi) is 4.35. The van der Waals surface area contributed by atoms with Gasteiger partial charge in [0.2, 0.25) is 10.0 Å². The molecule has 0 aliphatic carbocycles. The van der Waals surface area contributed by atoms with Gasteiger partial charge in [-0.25, -0.2) is 18.1 Å². The summed E-state index contributed by atoms with van der Waals surface area (Å²) in [5.74, 6) is 0.836. The van der Waals surface area contributed by atoms with Crippen molar-refractivity contribution in [2.45, 2.75) is 24.3 Å². The molecule has 0 radical (unpaired) electrons. The molecule has 0 saturated carbocycles. The van der Waals surface area contributed by atoms with E-state index in [2.05, 4.69) is 19.7 Å². The predicted octanol–water partition coefficient (Wildman–Crippen LogP) is 0.141. The Bertz CT molecular complexity index is 604. The SMILES string of the molecule is O=S(=O)(NCCCc1ncc[nH]1)c1c[nH]c(CO)c1. The quantitative estimate of drug-likeness (QED) is 0.542. The molecule has 0 fully saturated rings. The van der Waals surface area contributed by atoms with Crippen LogP contribution in [0.15, 0.2) is 29.6 Å². The fourth-order valence-corrected chi connectivity index (χ4v) is 2.74. The molecule has 2 heterocycles. The summed E-state index contributed by atoms with van der Waals surface area (Å²) in [6.45, 7) is 0.122. The summed E-state index contributed by atoms with van der Waals surface area (Å²) in [5.41, 5.74) is 0.468. The molecule has 0 spiro atoms. The molecular formula is C11H16N4O3S. The fraction of sp³-hybridized carbons (Fsp3) is 0.364. The summed E-state index contributed by atoms with van der Waals surface area (Å²) in [7, 11) is -3.51. The predicted molar refractivity (Wildman–Crippen MR) is 68.8 cm³/mol. The zero-order valence-corrected chi connectivity index (χ0v) is 11.1. The Labute approximate surface area is 111 Å². The molecule has 8 heteroatoms. The molecule has 0 saturated heterocycles. The second-order valence-electron chi connectivity index (χ2n) is 4.06. The van der Waals surface area contributed by atoms with Crippen molar-refractivity contribution in [3.8, 4) is 0 Å². The van der Waals surface area contributed by atoms with Gasteiger partial charge in [-0.1, -0.05) is 0 Å². The molecule has 19 heavy (non-hydrogen) atoms. The van der Waals surface area contributed by atoms with Gasteiger partial charge in [0.15, 0.2) is 0 Å². The second kappa shape index (κ2) is 6.00. The highest BCUT2D eigenvalue weighted by molar-refractivity contribution is 7.89. The summed E-state index contributed by atoms with van der Waals surface area (Å²) in [5, 5.41) is 8.88. The van der Waals surface area contributed by atoms with Crippen LogP contribution in [0, 0.1) is 0 Å². The molecular weight excluding hydrogens is 268 g/mol. The maximum absolute atomic E-state index is 11.9. The molecule has 0 aliphatic heterocycles. The molecule has 2 aromatic rings. The van der Waals surface area contributed by atoms with Crippen LogP contribution in [0.3, 0.4) is 0 Å². The number of aliphatic hydroxyl groups is 1. The minimum absolute atomic E-state index is 0.134. The molecule has 0 unspecified atom stereocenters. The average Bonchev–Trinajstić information content (AvgIpc) is 3.05.